The largest absolute Gasteiger partial charge is 0 e. The van der Waals surface area contributed by atoms with Crippen molar-refractivity contribution in [2.75, 3.05) is 0 Å². The van der Waals surface area contributed by atoms with Gasteiger partial charge in [-0.1, -0.05) is 0 Å². The van der Waals surface area contributed by atoms with E-state index >= 15 is 0 Å². The van der Waals surface area contributed by atoms with Crippen LogP contribution >= 0.6 is 0 Å². The van der Waals surface area contributed by atoms with Crippen LogP contribution in [-0.4, -0.2) is 14.0 Å². The predicted octanol–water partition coefficient (Wildman–Crippen LogP) is 1.95. The summed E-state index contributed by atoms with van der Waals surface area (Å²) in [6, 6.07) is 0. The van der Waals surface area contributed by atoms with Gasteiger partial charge in [0.2, 0.25) is 0 Å². The zero-order valence-electron chi connectivity index (χ0n) is 11.7. The van der Waals surface area contributed by atoms with Crippen molar-refractivity contribution in [3.63, 3.8) is 0 Å². The molecule has 0 unspecified atom stereocenters. The molecule has 1 saturated carbocycles. The van der Waals surface area contributed by atoms with Crippen molar-refractivity contribution < 1.29 is 52.1 Å². The number of hydrogen-bond donors (Lipinski definition) is 0. The van der Waals surface area contributed by atoms with E-state index in [0.29, 0.717) is 5.56 Å². The van der Waals surface area contributed by atoms with E-state index in [0.717, 1.165) is 36.5 Å². The third-order valence-corrected chi connectivity index (χ3v) is 4.15. The fourth-order valence-corrected chi connectivity index (χ4v) is 2.57. The summed E-state index contributed by atoms with van der Waals surface area (Å²) in [5, 5.41) is 0. The van der Waals surface area contributed by atoms with Gasteiger partial charge in [0.1, 0.15) is 0 Å². The molecule has 0 N–H and O–H groups in total. The Balaban J connectivity index is 0.00000200. The van der Waals surface area contributed by atoms with Crippen LogP contribution in [0.5, 0.6) is 0 Å². The van der Waals surface area contributed by atoms with E-state index in [-0.39, 0.29) is 38.3 Å². The minimum atomic E-state index is 0. The van der Waals surface area contributed by atoms with Crippen LogP contribution in [0, 0.1) is 26.3 Å². The number of rotatable bonds is 5. The Bertz CT molecular complexity index is 615. The molecule has 103 valence electrons. The topological polar surface area (TPSA) is 34.9 Å². The first-order valence-electron chi connectivity index (χ1n) is 6.22. The first-order valence-corrected chi connectivity index (χ1v) is 7.91. The van der Waals surface area contributed by atoms with Crippen LogP contribution in [0.1, 0.15) is 29.9 Å². The van der Waals surface area contributed by atoms with Gasteiger partial charge in [-0.25, -0.2) is 0 Å². The van der Waals surface area contributed by atoms with Gasteiger partial charge in [0, 0.05) is 32.7 Å². The van der Waals surface area contributed by atoms with Gasteiger partial charge < -0.3 is 0 Å². The van der Waals surface area contributed by atoms with Crippen LogP contribution in [-0.2, 0) is 58.5 Å². The van der Waals surface area contributed by atoms with E-state index in [2.05, 4.69) is 4.98 Å². The minimum absolute atomic E-state index is 0. The molecule has 1 fully saturated rings. The predicted molar refractivity (Wildman–Crippen MR) is 73.4 cm³/mol. The van der Waals surface area contributed by atoms with E-state index in [1.165, 1.54) is 31.3 Å². The van der Waals surface area contributed by atoms with Crippen LogP contribution in [0.25, 0.3) is 5.70 Å². The monoisotopic (exact) mass is 513 g/mol. The molecule has 0 aromatic carbocycles. The van der Waals surface area contributed by atoms with Crippen LogP contribution in [0.15, 0.2) is 16.9 Å². The molecule has 1 aliphatic carbocycles. The number of hydrogen-bond acceptors (Lipinski definition) is 2. The van der Waals surface area contributed by atoms with Crippen molar-refractivity contribution in [2.24, 2.45) is 0 Å². The molecule has 0 atom stereocenters. The van der Waals surface area contributed by atoms with Crippen molar-refractivity contribution in [1.82, 2.24) is 9.55 Å². The molecule has 3 nitrogen and oxygen atoms in total. The van der Waals surface area contributed by atoms with E-state index < -0.39 is 0 Å². The maximum Gasteiger partial charge on any atom is 0 e. The second-order valence-corrected chi connectivity index (χ2v) is 5.55. The number of aromatic nitrogens is 2. The van der Waals surface area contributed by atoms with Gasteiger partial charge in [0.25, 0.3) is 0 Å². The molecule has 1 aromatic rings. The van der Waals surface area contributed by atoms with Crippen LogP contribution < -0.4 is 5.56 Å². The fraction of sp³-hybridized carbons (Fsp3) is 0.333. The summed E-state index contributed by atoms with van der Waals surface area (Å²) in [6.07, 6.45) is 6.33. The summed E-state index contributed by atoms with van der Waals surface area (Å²) in [5.74, 6) is 2.29. The van der Waals surface area contributed by atoms with Gasteiger partial charge in [0.05, 0.1) is 0 Å². The maximum atomic E-state index is 12.5. The Morgan fingerprint density at radius 2 is 2.15 bits per heavy atom. The summed E-state index contributed by atoms with van der Waals surface area (Å²) in [7, 11) is 0. The summed E-state index contributed by atoms with van der Waals surface area (Å²) in [6.45, 7) is 9.18. The summed E-state index contributed by atoms with van der Waals surface area (Å²) < 4.78 is 3.66. The Hall–Kier alpha value is 0.0222. The van der Waals surface area contributed by atoms with Crippen LogP contribution in [0.2, 0.25) is 0 Å². The van der Waals surface area contributed by atoms with Crippen molar-refractivity contribution in [3.8, 4) is 0 Å². The third-order valence-electron chi connectivity index (χ3n) is 3.28. The second kappa shape index (κ2) is 7.87. The molecule has 20 heavy (non-hydrogen) atoms. The zero-order valence-corrected chi connectivity index (χ0v) is 17.5. The molecule has 1 radical (unpaired) electrons. The summed E-state index contributed by atoms with van der Waals surface area (Å²) in [4.78, 5) is 17.1. The average molecular weight is 513 g/mol. The molecule has 2 rings (SSSR count). The number of nitrogens with zero attached hydrogens (tertiary/aromatic N) is 2. The first-order chi connectivity index (χ1) is 9.08. The Morgan fingerprint density at radius 3 is 2.65 bits per heavy atom. The van der Waals surface area contributed by atoms with Crippen molar-refractivity contribution >= 4 is 10.1 Å². The molecule has 1 heterocycles. The number of aryl methyl sites for hydroxylation is 1. The van der Waals surface area contributed by atoms with E-state index in [9.17, 15) is 4.79 Å². The molecule has 0 aliphatic heterocycles. The van der Waals surface area contributed by atoms with Gasteiger partial charge in [-0.05, 0) is 0 Å². The zero-order chi connectivity index (χ0) is 14.0. The van der Waals surface area contributed by atoms with Gasteiger partial charge >= 0.3 is 124 Å². The first kappa shape index (κ1) is 18.1. The molecule has 0 amide bonds. The van der Waals surface area contributed by atoms with Gasteiger partial charge in [-0.15, -0.1) is 0 Å². The van der Waals surface area contributed by atoms with Crippen LogP contribution in [0.3, 0.4) is 0 Å². The fourth-order valence-electron chi connectivity index (χ4n) is 1.91. The van der Waals surface area contributed by atoms with E-state index in [1.54, 1.807) is 10.6 Å². The second-order valence-electron chi connectivity index (χ2n) is 4.71. The third kappa shape index (κ3) is 4.02. The Kier molecular flexibility index (Phi) is 7.11. The Labute approximate surface area is 155 Å². The minimum Gasteiger partial charge on any atom is 0 e. The van der Waals surface area contributed by atoms with E-state index in [1.807, 2.05) is 18.2 Å². The molecular formula is C15H16N2OWY-2. The molecule has 1 aromatic heterocycles. The standard InChI is InChI=1S/C15H16N2O.W.Y/c1-5-6-10(2)17-14(9-13-7-8-13)16-12(4)11(3)15(17)18;;/h1-2,5-6H,7-9H2,3-4H3;;/q-2;;/b10-6+;;. The normalized spacial score (nSPS) is 14.6. The SMILES string of the molecule is [CH-]=C/C=C(\[CH]=[W])n1c(C[C-]2CC2)nc(C)c(C)c1=O.[Y]. The van der Waals surface area contributed by atoms with Gasteiger partial charge in [0.15, 0.2) is 0 Å². The maximum absolute atomic E-state index is 12.5. The van der Waals surface area contributed by atoms with Crippen molar-refractivity contribution in [3.05, 3.63) is 52.1 Å². The van der Waals surface area contributed by atoms with Crippen LogP contribution in [0.4, 0.5) is 0 Å². The van der Waals surface area contributed by atoms with E-state index in [4.69, 9.17) is 6.58 Å². The molecule has 1 aliphatic rings. The summed E-state index contributed by atoms with van der Waals surface area (Å²) >= 11 is 1.28. The van der Waals surface area contributed by atoms with Crippen molar-refractivity contribution in [2.45, 2.75) is 33.1 Å². The Morgan fingerprint density at radius 1 is 1.50 bits per heavy atom. The van der Waals surface area contributed by atoms with Crippen molar-refractivity contribution in [1.29, 1.82) is 0 Å². The quantitative estimate of drug-likeness (QED) is 0.446. The molecule has 0 spiro atoms. The smallest absolute Gasteiger partial charge is 0 e. The van der Waals surface area contributed by atoms with Gasteiger partial charge in [-0.3, -0.25) is 0 Å². The number of allylic oxidation sites excluding steroid dienone is 3. The molecular weight excluding hydrogens is 497 g/mol. The molecule has 5 heteroatoms. The summed E-state index contributed by atoms with van der Waals surface area (Å²) in [5.41, 5.74) is 2.34. The molecule has 0 saturated heterocycles. The average Bonchev–Trinajstić information content (AvgIpc) is 3.19. The molecule has 0 bridgehead atoms. The van der Waals surface area contributed by atoms with Gasteiger partial charge in [-0.2, -0.15) is 0 Å².